The Bertz CT molecular complexity index is 1220. The van der Waals surface area contributed by atoms with Gasteiger partial charge in [0, 0.05) is 18.9 Å². The van der Waals surface area contributed by atoms with E-state index < -0.39 is 0 Å². The molecular weight excluding hydrogens is 394 g/mol. The van der Waals surface area contributed by atoms with Crippen LogP contribution in [0.5, 0.6) is 0 Å². The van der Waals surface area contributed by atoms with E-state index in [2.05, 4.69) is 15.1 Å². The number of rotatable bonds is 5. The van der Waals surface area contributed by atoms with Crippen LogP contribution >= 0.6 is 0 Å². The fraction of sp³-hybridized carbons (Fsp3) is 0.261. The first kappa shape index (κ1) is 20.5. The lowest BCUT2D eigenvalue weighted by Gasteiger charge is -2.29. The number of hydrazone groups is 1. The summed E-state index contributed by atoms with van der Waals surface area (Å²) in [5.41, 5.74) is 1.26. The molecule has 0 unspecified atom stereocenters. The third-order valence-corrected chi connectivity index (χ3v) is 5.15. The quantitative estimate of drug-likeness (QED) is 0.690. The second-order valence-electron chi connectivity index (χ2n) is 7.64. The van der Waals surface area contributed by atoms with Crippen molar-refractivity contribution in [1.29, 1.82) is 0 Å². The average Bonchev–Trinajstić information content (AvgIpc) is 2.78. The zero-order chi connectivity index (χ0) is 22.0. The van der Waals surface area contributed by atoms with Crippen LogP contribution in [0.25, 0.3) is 10.9 Å². The molecule has 0 saturated carbocycles. The van der Waals surface area contributed by atoms with Crippen molar-refractivity contribution >= 4 is 34.1 Å². The van der Waals surface area contributed by atoms with Gasteiger partial charge in [0.05, 0.1) is 23.1 Å². The van der Waals surface area contributed by atoms with E-state index in [4.69, 9.17) is 0 Å². The van der Waals surface area contributed by atoms with Gasteiger partial charge in [-0.05, 0) is 38.1 Å². The van der Waals surface area contributed by atoms with Crippen LogP contribution in [0.4, 0.5) is 5.69 Å². The number of carbonyl (C=O) groups is 2. The summed E-state index contributed by atoms with van der Waals surface area (Å²) in [6.45, 7) is 3.91. The van der Waals surface area contributed by atoms with E-state index in [1.54, 1.807) is 35.2 Å². The highest BCUT2D eigenvalue weighted by Gasteiger charge is 2.30. The van der Waals surface area contributed by atoms with Crippen molar-refractivity contribution in [3.8, 4) is 0 Å². The van der Waals surface area contributed by atoms with E-state index in [-0.39, 0.29) is 42.8 Å². The first-order valence-electron chi connectivity index (χ1n) is 10.2. The Balaban J connectivity index is 1.63. The molecule has 1 aromatic heterocycles. The van der Waals surface area contributed by atoms with Crippen LogP contribution < -0.4 is 10.6 Å². The highest BCUT2D eigenvalue weighted by molar-refractivity contribution is 6.40. The van der Waals surface area contributed by atoms with Gasteiger partial charge in [-0.15, -0.1) is 0 Å². The van der Waals surface area contributed by atoms with Gasteiger partial charge in [-0.25, -0.2) is 9.99 Å². The van der Waals surface area contributed by atoms with Crippen molar-refractivity contribution in [2.75, 3.05) is 5.01 Å². The first-order chi connectivity index (χ1) is 14.9. The predicted octanol–water partition coefficient (Wildman–Crippen LogP) is 2.84. The molecule has 2 amide bonds. The first-order valence-corrected chi connectivity index (χ1v) is 10.2. The van der Waals surface area contributed by atoms with Crippen molar-refractivity contribution in [2.24, 2.45) is 5.10 Å². The molecule has 3 aromatic rings. The maximum absolute atomic E-state index is 13.3. The molecule has 0 spiro atoms. The summed E-state index contributed by atoms with van der Waals surface area (Å²) >= 11 is 0. The number of carbonyl (C=O) groups excluding carboxylic acids is 2. The zero-order valence-electron chi connectivity index (χ0n) is 17.4. The molecule has 8 heteroatoms. The van der Waals surface area contributed by atoms with E-state index in [0.717, 1.165) is 0 Å². The van der Waals surface area contributed by atoms with Crippen molar-refractivity contribution in [1.82, 2.24) is 14.9 Å². The molecule has 8 nitrogen and oxygen atoms in total. The Hall–Kier alpha value is -3.81. The second-order valence-corrected chi connectivity index (χ2v) is 7.64. The molecule has 158 valence electrons. The molecule has 0 aliphatic carbocycles. The Kier molecular flexibility index (Phi) is 5.62. The van der Waals surface area contributed by atoms with Gasteiger partial charge in [0.15, 0.2) is 0 Å². The van der Waals surface area contributed by atoms with Crippen molar-refractivity contribution in [3.63, 3.8) is 0 Å². The van der Waals surface area contributed by atoms with Crippen LogP contribution in [0.3, 0.4) is 0 Å². The molecule has 0 saturated heterocycles. The normalized spacial score (nSPS) is 14.1. The van der Waals surface area contributed by atoms with Crippen LogP contribution in [-0.4, -0.2) is 38.4 Å². The summed E-state index contributed by atoms with van der Waals surface area (Å²) in [5, 5.41) is 6.15. The number of benzene rings is 2. The molecule has 2 heterocycles. The standard InChI is InChI=1S/C23H23N5O3/c1-15(2)27(14-20-24-18-11-7-6-10-17(18)22(30)25-20)23(31)19-12-13-21(29)28(26-19)16-8-4-3-5-9-16/h3-11,15H,12-14H2,1-2H3,(H,24,25,30). The summed E-state index contributed by atoms with van der Waals surface area (Å²) in [6, 6.07) is 16.0. The minimum Gasteiger partial charge on any atom is -0.328 e. The smallest absolute Gasteiger partial charge is 0.270 e. The SMILES string of the molecule is CC(C)N(Cc1nc2ccccc2c(=O)[nH]1)C(=O)C1=NN(c2ccccc2)C(=O)CC1. The third kappa shape index (κ3) is 4.23. The number of anilines is 1. The van der Waals surface area contributed by atoms with E-state index >= 15 is 0 Å². The minimum absolute atomic E-state index is 0.134. The van der Waals surface area contributed by atoms with E-state index in [1.165, 1.54) is 5.01 Å². The summed E-state index contributed by atoms with van der Waals surface area (Å²) in [6.07, 6.45) is 0.475. The molecule has 0 fully saturated rings. The lowest BCUT2D eigenvalue weighted by Crippen LogP contribution is -2.44. The molecule has 0 radical (unpaired) electrons. The van der Waals surface area contributed by atoms with Gasteiger partial charge in [0.25, 0.3) is 11.5 Å². The van der Waals surface area contributed by atoms with Crippen molar-refractivity contribution < 1.29 is 9.59 Å². The second kappa shape index (κ2) is 8.51. The van der Waals surface area contributed by atoms with E-state index in [1.807, 2.05) is 38.1 Å². The summed E-state index contributed by atoms with van der Waals surface area (Å²) in [5.74, 6) is -0.0308. The topological polar surface area (TPSA) is 98.7 Å². The van der Waals surface area contributed by atoms with E-state index in [9.17, 15) is 14.4 Å². The molecule has 1 aliphatic heterocycles. The number of aromatic amines is 1. The molecule has 4 rings (SSSR count). The number of para-hydroxylation sites is 2. The maximum Gasteiger partial charge on any atom is 0.270 e. The van der Waals surface area contributed by atoms with Gasteiger partial charge in [0.1, 0.15) is 11.5 Å². The molecule has 1 N–H and O–H groups in total. The maximum atomic E-state index is 13.3. The average molecular weight is 417 g/mol. The summed E-state index contributed by atoms with van der Waals surface area (Å²) in [7, 11) is 0. The number of aromatic nitrogens is 2. The van der Waals surface area contributed by atoms with Gasteiger partial charge in [0.2, 0.25) is 5.91 Å². The van der Waals surface area contributed by atoms with Gasteiger partial charge in [-0.2, -0.15) is 5.10 Å². The number of hydrogen-bond donors (Lipinski definition) is 1. The fourth-order valence-corrected chi connectivity index (χ4v) is 3.50. The van der Waals surface area contributed by atoms with Gasteiger partial charge < -0.3 is 9.88 Å². The number of nitrogens with zero attached hydrogens (tertiary/aromatic N) is 4. The molecule has 0 atom stereocenters. The lowest BCUT2D eigenvalue weighted by molar-refractivity contribution is -0.126. The van der Waals surface area contributed by atoms with Crippen molar-refractivity contribution in [2.45, 2.75) is 39.3 Å². The Morgan fingerprint density at radius 1 is 1.06 bits per heavy atom. The fourth-order valence-electron chi connectivity index (χ4n) is 3.50. The third-order valence-electron chi connectivity index (χ3n) is 5.15. The van der Waals surface area contributed by atoms with Crippen LogP contribution in [0.15, 0.2) is 64.5 Å². The zero-order valence-corrected chi connectivity index (χ0v) is 17.4. The highest BCUT2D eigenvalue weighted by atomic mass is 16.2. The summed E-state index contributed by atoms with van der Waals surface area (Å²) in [4.78, 5) is 46.9. The molecule has 2 aromatic carbocycles. The van der Waals surface area contributed by atoms with Crippen LogP contribution in [0.1, 0.15) is 32.5 Å². The van der Waals surface area contributed by atoms with Crippen LogP contribution in [-0.2, 0) is 16.1 Å². The number of H-pyrrole nitrogens is 1. The van der Waals surface area contributed by atoms with E-state index in [0.29, 0.717) is 28.1 Å². The lowest BCUT2D eigenvalue weighted by atomic mass is 10.1. The summed E-state index contributed by atoms with van der Waals surface area (Å²) < 4.78 is 0. The van der Waals surface area contributed by atoms with Gasteiger partial charge in [-0.1, -0.05) is 30.3 Å². The minimum atomic E-state index is -0.278. The van der Waals surface area contributed by atoms with Gasteiger partial charge in [-0.3, -0.25) is 14.4 Å². The number of nitrogens with one attached hydrogen (secondary N) is 1. The predicted molar refractivity (Wildman–Crippen MR) is 119 cm³/mol. The largest absolute Gasteiger partial charge is 0.328 e. The molecule has 31 heavy (non-hydrogen) atoms. The highest BCUT2D eigenvalue weighted by Crippen LogP contribution is 2.21. The number of fused-ring (bicyclic) bond motifs is 1. The number of hydrogen-bond acceptors (Lipinski definition) is 5. The Labute approximate surface area is 179 Å². The van der Waals surface area contributed by atoms with Crippen LogP contribution in [0, 0.1) is 0 Å². The number of amides is 2. The Morgan fingerprint density at radius 2 is 1.77 bits per heavy atom. The van der Waals surface area contributed by atoms with Crippen molar-refractivity contribution in [3.05, 3.63) is 70.8 Å². The molecular formula is C23H23N5O3. The monoisotopic (exact) mass is 417 g/mol. The molecule has 0 bridgehead atoms. The van der Waals surface area contributed by atoms with Crippen LogP contribution in [0.2, 0.25) is 0 Å². The molecule has 1 aliphatic rings. The Morgan fingerprint density at radius 3 is 2.52 bits per heavy atom. The van der Waals surface area contributed by atoms with Gasteiger partial charge >= 0.3 is 0 Å².